The third kappa shape index (κ3) is 2.63. The molecule has 0 aliphatic carbocycles. The third-order valence-corrected chi connectivity index (χ3v) is 3.81. The van der Waals surface area contributed by atoms with Gasteiger partial charge in [-0.05, 0) is 37.9 Å². The molecule has 0 aliphatic heterocycles. The summed E-state index contributed by atoms with van der Waals surface area (Å²) in [7, 11) is 0. The van der Waals surface area contributed by atoms with Crippen molar-refractivity contribution in [3.63, 3.8) is 0 Å². The number of aromatic nitrogens is 2. The van der Waals surface area contributed by atoms with Crippen LogP contribution in [0.15, 0.2) is 32.9 Å². The molecule has 2 heterocycles. The Morgan fingerprint density at radius 2 is 2.13 bits per heavy atom. The summed E-state index contributed by atoms with van der Waals surface area (Å²) in [4.78, 5) is 8.15. The van der Waals surface area contributed by atoms with E-state index in [2.05, 4.69) is 41.8 Å². The minimum atomic E-state index is -0.716. The highest BCUT2D eigenvalue weighted by molar-refractivity contribution is 9.10. The van der Waals surface area contributed by atoms with E-state index in [1.165, 1.54) is 11.3 Å². The van der Waals surface area contributed by atoms with Gasteiger partial charge >= 0.3 is 0 Å². The average molecular weight is 350 g/mol. The second kappa shape index (κ2) is 4.69. The zero-order valence-corrected chi connectivity index (χ0v) is 11.4. The van der Waals surface area contributed by atoms with E-state index in [0.29, 0.717) is 5.01 Å². The van der Waals surface area contributed by atoms with Crippen LogP contribution in [0.5, 0.6) is 0 Å². The fraction of sp³-hybridized carbons (Fsp3) is 0.111. The number of nitrogens with zero attached hydrogens (tertiary/aromatic N) is 2. The second-order valence-corrected chi connectivity index (χ2v) is 5.47. The Balaban J connectivity index is 2.32. The van der Waals surface area contributed by atoms with Gasteiger partial charge in [-0.2, -0.15) is 0 Å². The van der Waals surface area contributed by atoms with Crippen molar-refractivity contribution in [2.45, 2.75) is 6.10 Å². The van der Waals surface area contributed by atoms with Crippen molar-refractivity contribution in [3.8, 4) is 0 Å². The quantitative estimate of drug-likeness (QED) is 0.905. The van der Waals surface area contributed by atoms with Crippen LogP contribution in [0.1, 0.15) is 16.7 Å². The standard InChI is InChI=1S/C9H6Br2N2OS/c10-6-1-5(2-12-3-6)8(14)9-13-7(11)4-15-9/h1-4,8,14H. The molecule has 3 nitrogen and oxygen atoms in total. The Bertz CT molecular complexity index is 475. The normalized spacial score (nSPS) is 12.7. The number of aliphatic hydroxyl groups is 1. The van der Waals surface area contributed by atoms with Crippen molar-refractivity contribution in [3.05, 3.63) is 43.5 Å². The van der Waals surface area contributed by atoms with Crippen LogP contribution in [-0.4, -0.2) is 15.1 Å². The Kier molecular flexibility index (Phi) is 3.50. The molecule has 6 heteroatoms. The molecule has 2 rings (SSSR count). The lowest BCUT2D eigenvalue weighted by Crippen LogP contribution is -1.99. The molecule has 0 amide bonds. The summed E-state index contributed by atoms with van der Waals surface area (Å²) in [5, 5.41) is 12.5. The Hall–Kier alpha value is -0.300. The van der Waals surface area contributed by atoms with Gasteiger partial charge in [0.15, 0.2) is 0 Å². The van der Waals surface area contributed by atoms with E-state index < -0.39 is 6.10 Å². The molecule has 1 N–H and O–H groups in total. The molecular weight excluding hydrogens is 344 g/mol. The first-order chi connectivity index (χ1) is 7.16. The van der Waals surface area contributed by atoms with Crippen molar-refractivity contribution < 1.29 is 5.11 Å². The maximum atomic E-state index is 10.00. The highest BCUT2D eigenvalue weighted by Gasteiger charge is 2.14. The summed E-state index contributed by atoms with van der Waals surface area (Å²) in [6, 6.07) is 1.83. The summed E-state index contributed by atoms with van der Waals surface area (Å²) in [6.45, 7) is 0. The van der Waals surface area contributed by atoms with E-state index in [0.717, 1.165) is 14.6 Å². The largest absolute Gasteiger partial charge is 0.381 e. The van der Waals surface area contributed by atoms with Crippen LogP contribution in [0.3, 0.4) is 0 Å². The highest BCUT2D eigenvalue weighted by atomic mass is 79.9. The van der Waals surface area contributed by atoms with Gasteiger partial charge in [0.1, 0.15) is 15.7 Å². The summed E-state index contributed by atoms with van der Waals surface area (Å²) in [6.07, 6.45) is 2.59. The average Bonchev–Trinajstić information content (AvgIpc) is 2.64. The molecular formula is C9H6Br2N2OS. The number of pyridine rings is 1. The summed E-state index contributed by atoms with van der Waals surface area (Å²) >= 11 is 7.97. The van der Waals surface area contributed by atoms with E-state index >= 15 is 0 Å². The first-order valence-corrected chi connectivity index (χ1v) is 6.53. The van der Waals surface area contributed by atoms with Gasteiger partial charge in [-0.3, -0.25) is 4.98 Å². The van der Waals surface area contributed by atoms with Gasteiger partial charge in [-0.15, -0.1) is 11.3 Å². The molecule has 2 aromatic heterocycles. The van der Waals surface area contributed by atoms with E-state index in [9.17, 15) is 5.11 Å². The monoisotopic (exact) mass is 348 g/mol. The Morgan fingerprint density at radius 1 is 1.33 bits per heavy atom. The van der Waals surface area contributed by atoms with Crippen LogP contribution in [0.4, 0.5) is 0 Å². The third-order valence-electron chi connectivity index (χ3n) is 1.77. The zero-order chi connectivity index (χ0) is 10.8. The maximum Gasteiger partial charge on any atom is 0.132 e. The van der Waals surface area contributed by atoms with Crippen molar-refractivity contribution >= 4 is 43.2 Å². The first kappa shape index (κ1) is 11.2. The van der Waals surface area contributed by atoms with E-state index in [1.54, 1.807) is 12.4 Å². The predicted molar refractivity (Wildman–Crippen MR) is 65.8 cm³/mol. The van der Waals surface area contributed by atoms with Crippen LogP contribution < -0.4 is 0 Å². The molecule has 15 heavy (non-hydrogen) atoms. The molecule has 1 atom stereocenters. The fourth-order valence-corrected chi connectivity index (χ4v) is 2.77. The number of hydrogen-bond acceptors (Lipinski definition) is 4. The second-order valence-electron chi connectivity index (χ2n) is 2.85. The van der Waals surface area contributed by atoms with Crippen molar-refractivity contribution in [1.82, 2.24) is 9.97 Å². The number of hydrogen-bond donors (Lipinski definition) is 1. The van der Waals surface area contributed by atoms with E-state index in [-0.39, 0.29) is 0 Å². The minimum absolute atomic E-state index is 0.654. The highest BCUT2D eigenvalue weighted by Crippen LogP contribution is 2.27. The summed E-state index contributed by atoms with van der Waals surface area (Å²) in [5.74, 6) is 0. The van der Waals surface area contributed by atoms with E-state index in [1.807, 2.05) is 11.4 Å². The SMILES string of the molecule is OC(c1cncc(Br)c1)c1nc(Br)cs1. The molecule has 0 bridgehead atoms. The zero-order valence-electron chi connectivity index (χ0n) is 7.39. The molecule has 0 fully saturated rings. The molecule has 0 aromatic carbocycles. The molecule has 0 saturated heterocycles. The lowest BCUT2D eigenvalue weighted by molar-refractivity contribution is 0.219. The smallest absolute Gasteiger partial charge is 0.132 e. The van der Waals surface area contributed by atoms with Gasteiger partial charge < -0.3 is 5.11 Å². The lowest BCUT2D eigenvalue weighted by atomic mass is 10.2. The molecule has 1 unspecified atom stereocenters. The van der Waals surface area contributed by atoms with Crippen LogP contribution in [0, 0.1) is 0 Å². The van der Waals surface area contributed by atoms with E-state index in [4.69, 9.17) is 0 Å². The van der Waals surface area contributed by atoms with Gasteiger partial charge in [-0.25, -0.2) is 4.98 Å². The number of rotatable bonds is 2. The van der Waals surface area contributed by atoms with Crippen molar-refractivity contribution in [2.24, 2.45) is 0 Å². The molecule has 0 saturated carbocycles. The molecule has 0 radical (unpaired) electrons. The maximum absolute atomic E-state index is 10.00. The van der Waals surface area contributed by atoms with Crippen molar-refractivity contribution in [2.75, 3.05) is 0 Å². The summed E-state index contributed by atoms with van der Waals surface area (Å²) < 4.78 is 1.58. The fourth-order valence-electron chi connectivity index (χ4n) is 1.11. The van der Waals surface area contributed by atoms with Gasteiger partial charge in [0.05, 0.1) is 0 Å². The Labute approximate surface area is 107 Å². The number of aliphatic hydroxyl groups excluding tert-OH is 1. The van der Waals surface area contributed by atoms with Gasteiger partial charge in [0.2, 0.25) is 0 Å². The molecule has 0 spiro atoms. The predicted octanol–water partition coefficient (Wildman–Crippen LogP) is 3.14. The van der Waals surface area contributed by atoms with Crippen LogP contribution >= 0.6 is 43.2 Å². The van der Waals surface area contributed by atoms with Gasteiger partial charge in [0, 0.05) is 27.8 Å². The Morgan fingerprint density at radius 3 is 2.73 bits per heavy atom. The first-order valence-electron chi connectivity index (χ1n) is 4.06. The van der Waals surface area contributed by atoms with Crippen LogP contribution in [0.25, 0.3) is 0 Å². The van der Waals surface area contributed by atoms with Gasteiger partial charge in [0.25, 0.3) is 0 Å². The summed E-state index contributed by atoms with van der Waals surface area (Å²) in [5.41, 5.74) is 0.728. The molecule has 2 aromatic rings. The molecule has 0 aliphatic rings. The van der Waals surface area contributed by atoms with Gasteiger partial charge in [-0.1, -0.05) is 0 Å². The lowest BCUT2D eigenvalue weighted by Gasteiger charge is -2.06. The number of halogens is 2. The minimum Gasteiger partial charge on any atom is -0.381 e. The van der Waals surface area contributed by atoms with Crippen LogP contribution in [0.2, 0.25) is 0 Å². The van der Waals surface area contributed by atoms with Crippen LogP contribution in [-0.2, 0) is 0 Å². The molecule has 78 valence electrons. The number of thiazole rings is 1. The van der Waals surface area contributed by atoms with Crippen molar-refractivity contribution in [1.29, 1.82) is 0 Å². The topological polar surface area (TPSA) is 46.0 Å².